The van der Waals surface area contributed by atoms with Gasteiger partial charge >= 0.3 is 6.09 Å². The first-order valence-electron chi connectivity index (χ1n) is 12.9. The number of aromatic nitrogens is 4. The van der Waals surface area contributed by atoms with Gasteiger partial charge in [-0.3, -0.25) is 0 Å². The van der Waals surface area contributed by atoms with Crippen LogP contribution in [0, 0.1) is 5.82 Å². The van der Waals surface area contributed by atoms with Gasteiger partial charge in [0.15, 0.2) is 0 Å². The van der Waals surface area contributed by atoms with Crippen LogP contribution in [0.15, 0.2) is 54.9 Å². The summed E-state index contributed by atoms with van der Waals surface area (Å²) in [6.45, 7) is 6.65. The van der Waals surface area contributed by atoms with Gasteiger partial charge in [-0.25, -0.2) is 23.8 Å². The van der Waals surface area contributed by atoms with Crippen LogP contribution in [0.25, 0.3) is 16.6 Å². The molecule has 11 heteroatoms. The number of piperidine rings is 1. The minimum absolute atomic E-state index is 0.179. The Balaban J connectivity index is 1.23. The number of hydrogen-bond acceptors (Lipinski definition) is 8. The first-order chi connectivity index (χ1) is 18.7. The molecule has 0 spiro atoms. The van der Waals surface area contributed by atoms with Gasteiger partial charge in [-0.2, -0.15) is 5.10 Å². The Bertz CT molecular complexity index is 1480. The number of fused-ring (bicyclic) bond motifs is 1. The highest BCUT2D eigenvalue weighted by Crippen LogP contribution is 2.25. The second-order valence-corrected chi connectivity index (χ2v) is 10.5. The number of rotatable bonds is 6. The lowest BCUT2D eigenvalue weighted by Gasteiger charge is -2.33. The Morgan fingerprint density at radius 1 is 1.13 bits per heavy atom. The molecule has 3 aromatic heterocycles. The van der Waals surface area contributed by atoms with E-state index in [4.69, 9.17) is 9.72 Å². The molecule has 1 aromatic carbocycles. The topological polar surface area (TPSA) is 117 Å². The molecule has 0 saturated carbocycles. The normalized spacial score (nSPS) is 14.4. The van der Waals surface area contributed by atoms with Crippen molar-refractivity contribution in [2.24, 2.45) is 0 Å². The highest BCUT2D eigenvalue weighted by molar-refractivity contribution is 5.82. The summed E-state index contributed by atoms with van der Waals surface area (Å²) in [6, 6.07) is 12.2. The molecule has 39 heavy (non-hydrogen) atoms. The van der Waals surface area contributed by atoms with Gasteiger partial charge in [-0.1, -0.05) is 0 Å². The summed E-state index contributed by atoms with van der Waals surface area (Å²) in [5.74, 6) is 0.732. The Morgan fingerprint density at radius 3 is 2.62 bits per heavy atom. The molecular formula is C28H32FN7O3. The number of likely N-dealkylation sites (tertiary alicyclic amines) is 1. The summed E-state index contributed by atoms with van der Waals surface area (Å²) >= 11 is 0. The van der Waals surface area contributed by atoms with Crippen molar-refractivity contribution in [2.75, 3.05) is 23.7 Å². The van der Waals surface area contributed by atoms with Crippen LogP contribution < -0.4 is 10.6 Å². The minimum Gasteiger partial charge on any atom is -0.444 e. The maximum absolute atomic E-state index is 14.9. The van der Waals surface area contributed by atoms with Crippen molar-refractivity contribution in [1.82, 2.24) is 24.6 Å². The van der Waals surface area contributed by atoms with Crippen LogP contribution in [-0.2, 0) is 11.3 Å². The standard InChI is InChI=1S/C28H32FN7O3/c1-28(2,3)39-27(38)35-11-8-19(9-12-35)31-25-7-4-18-16-30-26(15-24(18)33-25)32-23-6-5-21(14-22(23)29)36-13-10-20(17-37)34-36/h4-7,10,13-16,19,37H,8-9,11-12,17H2,1-3H3,(H,30,32)(H,31,33). The molecule has 5 rings (SSSR count). The quantitative estimate of drug-likeness (QED) is 0.317. The first-order valence-corrected chi connectivity index (χ1v) is 12.9. The van der Waals surface area contributed by atoms with Crippen LogP contribution in [-0.4, -0.2) is 60.6 Å². The Hall–Kier alpha value is -4.25. The lowest BCUT2D eigenvalue weighted by atomic mass is 10.1. The molecule has 0 unspecified atom stereocenters. The number of benzene rings is 1. The number of carbonyl (C=O) groups is 1. The van der Waals surface area contributed by atoms with Crippen molar-refractivity contribution in [3.63, 3.8) is 0 Å². The van der Waals surface area contributed by atoms with Crippen LogP contribution in [0.1, 0.15) is 39.3 Å². The lowest BCUT2D eigenvalue weighted by Crippen LogP contribution is -2.44. The Morgan fingerprint density at radius 2 is 1.92 bits per heavy atom. The number of aliphatic hydroxyl groups is 1. The molecular weight excluding hydrogens is 501 g/mol. The van der Waals surface area contributed by atoms with Crippen LogP contribution in [0.3, 0.4) is 0 Å². The number of hydrogen-bond donors (Lipinski definition) is 3. The summed E-state index contributed by atoms with van der Waals surface area (Å²) in [7, 11) is 0. The van der Waals surface area contributed by atoms with E-state index in [0.29, 0.717) is 35.8 Å². The fourth-order valence-electron chi connectivity index (χ4n) is 4.38. The lowest BCUT2D eigenvalue weighted by molar-refractivity contribution is 0.0210. The number of aliphatic hydroxyl groups excluding tert-OH is 1. The van der Waals surface area contributed by atoms with E-state index < -0.39 is 11.4 Å². The number of ether oxygens (including phenoxy) is 1. The highest BCUT2D eigenvalue weighted by atomic mass is 19.1. The SMILES string of the molecule is CC(C)(C)OC(=O)N1CCC(Nc2ccc3cnc(Nc4ccc(-n5ccc(CO)n5)cc4F)cc3n2)CC1. The second kappa shape index (κ2) is 10.9. The number of halogens is 1. The fourth-order valence-corrected chi connectivity index (χ4v) is 4.38. The maximum atomic E-state index is 14.9. The van der Waals surface area contributed by atoms with E-state index >= 15 is 0 Å². The van der Waals surface area contributed by atoms with Crippen molar-refractivity contribution in [2.45, 2.75) is 51.9 Å². The largest absolute Gasteiger partial charge is 0.444 e. The monoisotopic (exact) mass is 533 g/mol. The third kappa shape index (κ3) is 6.43. The van der Waals surface area contributed by atoms with Crippen molar-refractivity contribution in [3.05, 3.63) is 66.4 Å². The summed E-state index contributed by atoms with van der Waals surface area (Å²) in [6.07, 6.45) is 4.66. The van der Waals surface area contributed by atoms with E-state index in [1.807, 2.05) is 32.9 Å². The van der Waals surface area contributed by atoms with Crippen LogP contribution in [0.2, 0.25) is 0 Å². The molecule has 1 saturated heterocycles. The highest BCUT2D eigenvalue weighted by Gasteiger charge is 2.27. The number of carbonyl (C=O) groups excluding carboxylic acids is 1. The number of amides is 1. The molecule has 4 heterocycles. The summed E-state index contributed by atoms with van der Waals surface area (Å²) < 4.78 is 21.9. The first kappa shape index (κ1) is 26.4. The number of pyridine rings is 2. The number of nitrogens with zero attached hydrogens (tertiary/aromatic N) is 5. The molecule has 4 aromatic rings. The van der Waals surface area contributed by atoms with Crippen LogP contribution in [0.4, 0.5) is 26.5 Å². The molecule has 1 aliphatic heterocycles. The Kier molecular flexibility index (Phi) is 7.34. The molecule has 1 amide bonds. The predicted molar refractivity (Wildman–Crippen MR) is 147 cm³/mol. The molecule has 1 fully saturated rings. The second-order valence-electron chi connectivity index (χ2n) is 10.5. The fraction of sp³-hybridized carbons (Fsp3) is 0.357. The van der Waals surface area contributed by atoms with E-state index in [2.05, 4.69) is 20.7 Å². The summed E-state index contributed by atoms with van der Waals surface area (Å²) in [5.41, 5.74) is 1.52. The van der Waals surface area contributed by atoms with E-state index in [-0.39, 0.29) is 24.4 Å². The summed E-state index contributed by atoms with van der Waals surface area (Å²) in [4.78, 5) is 23.2. The zero-order valence-corrected chi connectivity index (χ0v) is 22.2. The smallest absolute Gasteiger partial charge is 0.410 e. The van der Waals surface area contributed by atoms with Crippen molar-refractivity contribution in [3.8, 4) is 5.69 Å². The average Bonchev–Trinajstić information content (AvgIpc) is 3.39. The molecule has 0 radical (unpaired) electrons. The van der Waals surface area contributed by atoms with E-state index in [9.17, 15) is 14.3 Å². The van der Waals surface area contributed by atoms with Gasteiger partial charge in [0.25, 0.3) is 0 Å². The predicted octanol–water partition coefficient (Wildman–Crippen LogP) is 5.00. The van der Waals surface area contributed by atoms with Crippen molar-refractivity contribution >= 4 is 34.3 Å². The van der Waals surface area contributed by atoms with Gasteiger partial charge in [0.1, 0.15) is 23.1 Å². The molecule has 3 N–H and O–H groups in total. The van der Waals surface area contributed by atoms with Gasteiger partial charge in [0.2, 0.25) is 0 Å². The average molecular weight is 534 g/mol. The van der Waals surface area contributed by atoms with Crippen LogP contribution >= 0.6 is 0 Å². The van der Waals surface area contributed by atoms with Crippen molar-refractivity contribution in [1.29, 1.82) is 0 Å². The summed E-state index contributed by atoms with van der Waals surface area (Å²) in [5, 5.41) is 20.8. The molecule has 1 aliphatic rings. The van der Waals surface area contributed by atoms with E-state index in [0.717, 1.165) is 24.0 Å². The van der Waals surface area contributed by atoms with Crippen LogP contribution in [0.5, 0.6) is 0 Å². The number of anilines is 3. The molecule has 0 aliphatic carbocycles. The zero-order chi connectivity index (χ0) is 27.6. The van der Waals surface area contributed by atoms with Gasteiger partial charge in [0, 0.05) is 49.0 Å². The van der Waals surface area contributed by atoms with Gasteiger partial charge in [0.05, 0.1) is 29.2 Å². The number of nitrogens with one attached hydrogen (secondary N) is 2. The van der Waals surface area contributed by atoms with Gasteiger partial charge in [-0.15, -0.1) is 0 Å². The molecule has 0 atom stereocenters. The molecule has 10 nitrogen and oxygen atoms in total. The zero-order valence-electron chi connectivity index (χ0n) is 22.2. The van der Waals surface area contributed by atoms with E-state index in [1.54, 1.807) is 41.6 Å². The third-order valence-corrected chi connectivity index (χ3v) is 6.36. The van der Waals surface area contributed by atoms with E-state index in [1.165, 1.54) is 10.7 Å². The molecule has 0 bridgehead atoms. The molecule has 204 valence electrons. The van der Waals surface area contributed by atoms with Crippen molar-refractivity contribution < 1.29 is 19.0 Å². The van der Waals surface area contributed by atoms with Gasteiger partial charge in [-0.05, 0) is 63.9 Å². The maximum Gasteiger partial charge on any atom is 0.410 e. The third-order valence-electron chi connectivity index (χ3n) is 6.36. The van der Waals surface area contributed by atoms with Gasteiger partial charge < -0.3 is 25.4 Å². The Labute approximate surface area is 225 Å². The minimum atomic E-state index is -0.509.